The standard InChI is InChI=1S/ClH.In.Na.2O.Sn.H/h1H;;;;;;/q;;+1;;;;/p-1. The van der Waals surface area contributed by atoms with Gasteiger partial charge in [0.05, 0.1) is 0 Å². The summed E-state index contributed by atoms with van der Waals surface area (Å²) in [6.07, 6.45) is 0. The van der Waals surface area contributed by atoms with Crippen molar-refractivity contribution in [3.63, 3.8) is 0 Å². The van der Waals surface area contributed by atoms with Crippen LogP contribution in [0.4, 0.5) is 0 Å². The average Bonchev–Trinajstić information content (AvgIpc) is 1.50. The molecule has 0 aromatic heterocycles. The van der Waals surface area contributed by atoms with Gasteiger partial charge >= 0.3 is 82.4 Å². The van der Waals surface area contributed by atoms with E-state index in [1.807, 2.05) is 0 Å². The fourth-order valence-electron chi connectivity index (χ4n) is 0. The van der Waals surface area contributed by atoms with E-state index in [1.165, 1.54) is 0 Å². The fourth-order valence-corrected chi connectivity index (χ4v) is 0. The van der Waals surface area contributed by atoms with Gasteiger partial charge in [0, 0.05) is 0 Å². The van der Waals surface area contributed by atoms with Crippen LogP contribution in [0, 0.1) is 0 Å². The third-order valence-electron chi connectivity index (χ3n) is 0. The summed E-state index contributed by atoms with van der Waals surface area (Å²) in [7, 11) is 0. The van der Waals surface area contributed by atoms with Gasteiger partial charge in [-0.05, 0) is 0 Å². The Kier molecular flexibility index (Phi) is 195. The van der Waals surface area contributed by atoms with Crippen LogP contribution in [0.15, 0.2) is 0 Å². The molecule has 0 aliphatic carbocycles. The predicted octanol–water partition coefficient (Wildman–Crippen LogP) is -7.26. The molecule has 6 heteroatoms. The van der Waals surface area contributed by atoms with E-state index in [-0.39, 0.29) is 66.3 Å². The Morgan fingerprint density at radius 2 is 1.17 bits per heavy atom. The summed E-state index contributed by atoms with van der Waals surface area (Å²) in [4.78, 5) is 0. The van der Waals surface area contributed by atoms with Crippen molar-refractivity contribution in [1.82, 2.24) is 0 Å². The molecule has 0 saturated heterocycles. The molecule has 0 aromatic carbocycles. The third kappa shape index (κ3) is 31.0. The molecule has 0 spiro atoms. The van der Waals surface area contributed by atoms with Gasteiger partial charge in [0.2, 0.25) is 0 Å². The molecule has 28 valence electrons. The molecule has 0 aromatic rings. The van der Waals surface area contributed by atoms with Crippen LogP contribution >= 0.6 is 0 Å². The Morgan fingerprint density at radius 3 is 1.17 bits per heavy atom. The summed E-state index contributed by atoms with van der Waals surface area (Å²) in [5.41, 5.74) is 0. The Labute approximate surface area is 93.0 Å². The quantitative estimate of drug-likeness (QED) is 0.415. The topological polar surface area (TPSA) is 34.1 Å². The van der Waals surface area contributed by atoms with Crippen LogP contribution in [0.5, 0.6) is 0 Å². The van der Waals surface area contributed by atoms with Crippen LogP contribution in [0.25, 0.3) is 0 Å². The maximum atomic E-state index is 8.42. The van der Waals surface area contributed by atoms with Gasteiger partial charge in [-0.2, -0.15) is 0 Å². The molecule has 0 aliphatic rings. The molecule has 0 heterocycles. The number of rotatable bonds is 0. The van der Waals surface area contributed by atoms with E-state index in [0.29, 0.717) is 22.5 Å². The summed E-state index contributed by atoms with van der Waals surface area (Å²) < 4.78 is 16.8. The SMILES string of the molecule is [Cl-].[Na+].[O]=[InH].[O]=[Sn]. The second kappa shape index (κ2) is 49.7. The maximum absolute atomic E-state index is 8.42. The van der Waals surface area contributed by atoms with Crippen LogP contribution in [0.2, 0.25) is 0 Å². The molecule has 0 fully saturated rings. The molecule has 2 radical (unpaired) electrons. The molecular formula is HClInNaO2Sn. The molecule has 0 bridgehead atoms. The molecule has 0 atom stereocenters. The molecule has 0 saturated carbocycles. The monoisotopic (exact) mass is 326 g/mol. The van der Waals surface area contributed by atoms with Crippen molar-refractivity contribution in [3.05, 3.63) is 0 Å². The fraction of sp³-hybridized carbons (Fsp3) is 0. The van der Waals surface area contributed by atoms with Crippen molar-refractivity contribution in [2.45, 2.75) is 0 Å². The number of hydrogen-bond acceptors (Lipinski definition) is 2. The van der Waals surface area contributed by atoms with Gasteiger partial charge < -0.3 is 12.4 Å². The van der Waals surface area contributed by atoms with E-state index in [9.17, 15) is 0 Å². The van der Waals surface area contributed by atoms with Gasteiger partial charge in [-0.15, -0.1) is 0 Å². The molecule has 0 unspecified atom stereocenters. The van der Waals surface area contributed by atoms with Crippen LogP contribution in [-0.4, -0.2) is 46.9 Å². The molecule has 2 nitrogen and oxygen atoms in total. The van der Waals surface area contributed by atoms with Crippen molar-refractivity contribution < 1.29 is 47.9 Å². The van der Waals surface area contributed by atoms with E-state index < -0.39 is 0 Å². The van der Waals surface area contributed by atoms with Crippen molar-refractivity contribution in [1.29, 1.82) is 0 Å². The molecule has 0 N–H and O–H groups in total. The average molecular weight is 325 g/mol. The zero-order valence-electron chi connectivity index (χ0n) is 3.40. The van der Waals surface area contributed by atoms with Crippen LogP contribution in [0.3, 0.4) is 0 Å². The van der Waals surface area contributed by atoms with Crippen molar-refractivity contribution in [2.75, 3.05) is 0 Å². The zero-order valence-corrected chi connectivity index (χ0v) is 13.0. The van der Waals surface area contributed by atoms with Crippen LogP contribution in [0.1, 0.15) is 0 Å². The van der Waals surface area contributed by atoms with E-state index in [0.717, 1.165) is 0 Å². The molecular weight excluding hydrogens is 324 g/mol. The summed E-state index contributed by atoms with van der Waals surface area (Å²) in [5, 5.41) is 0. The molecule has 0 amide bonds. The Morgan fingerprint density at radius 1 is 1.17 bits per heavy atom. The summed E-state index contributed by atoms with van der Waals surface area (Å²) in [6.45, 7) is 0. The first-order valence-electron chi connectivity index (χ1n) is 0.493. The minimum absolute atomic E-state index is 0. The van der Waals surface area contributed by atoms with Gasteiger partial charge in [-0.3, -0.25) is 0 Å². The molecule has 0 aliphatic heterocycles. The molecule has 0 rings (SSSR count). The van der Waals surface area contributed by atoms with Gasteiger partial charge in [-0.1, -0.05) is 0 Å². The second-order valence-corrected chi connectivity index (χ2v) is 0. The predicted molar refractivity (Wildman–Crippen MR) is 14.3 cm³/mol. The zero-order chi connectivity index (χ0) is 4.00. The first-order valence-corrected chi connectivity index (χ1v) is 3.31. The van der Waals surface area contributed by atoms with Gasteiger partial charge in [0.25, 0.3) is 0 Å². The number of halogens is 1. The second-order valence-electron chi connectivity index (χ2n) is 0. The summed E-state index contributed by atoms with van der Waals surface area (Å²) in [5.74, 6) is 0. The Balaban J connectivity index is -0.00000000500. The Bertz CT molecular complexity index is 15.5. The third-order valence-corrected chi connectivity index (χ3v) is 0. The van der Waals surface area contributed by atoms with Crippen LogP contribution in [-0.2, 0) is 5.93 Å². The summed E-state index contributed by atoms with van der Waals surface area (Å²) >= 11 is 0.200. The first kappa shape index (κ1) is 23.5. The van der Waals surface area contributed by atoms with Crippen molar-refractivity contribution in [2.24, 2.45) is 0 Å². The minimum atomic E-state index is -0.1000. The van der Waals surface area contributed by atoms with E-state index in [2.05, 4.69) is 0 Å². The van der Waals surface area contributed by atoms with E-state index in [1.54, 1.807) is 0 Å². The number of hydrogen-bond donors (Lipinski definition) is 0. The normalized spacial score (nSPS) is 1.17. The Hall–Kier alpha value is 2.56. The van der Waals surface area contributed by atoms with Crippen molar-refractivity contribution >= 4 is 46.9 Å². The summed E-state index contributed by atoms with van der Waals surface area (Å²) in [6, 6.07) is 0. The van der Waals surface area contributed by atoms with Crippen LogP contribution < -0.4 is 42.0 Å². The first-order chi connectivity index (χ1) is 2.00. The van der Waals surface area contributed by atoms with Crippen molar-refractivity contribution in [3.8, 4) is 0 Å². The van der Waals surface area contributed by atoms with E-state index in [4.69, 9.17) is 5.93 Å². The van der Waals surface area contributed by atoms with Gasteiger partial charge in [0.15, 0.2) is 0 Å². The van der Waals surface area contributed by atoms with Gasteiger partial charge in [-0.25, -0.2) is 0 Å². The van der Waals surface area contributed by atoms with E-state index >= 15 is 0 Å². The molecule has 6 heavy (non-hydrogen) atoms. The van der Waals surface area contributed by atoms with Gasteiger partial charge in [0.1, 0.15) is 0 Å².